The van der Waals surface area contributed by atoms with E-state index >= 15 is 0 Å². The van der Waals surface area contributed by atoms with Crippen LogP contribution in [0.2, 0.25) is 0 Å². The van der Waals surface area contributed by atoms with Gasteiger partial charge in [0.1, 0.15) is 0 Å². The molecule has 74 valence electrons. The predicted molar refractivity (Wildman–Crippen MR) is 52.1 cm³/mol. The molecule has 4 nitrogen and oxygen atoms in total. The van der Waals surface area contributed by atoms with Crippen molar-refractivity contribution in [3.05, 3.63) is 22.2 Å². The number of hydrogen-bond donors (Lipinski definition) is 0. The molecule has 0 aliphatic carbocycles. The third kappa shape index (κ3) is 2.89. The fourth-order valence-electron chi connectivity index (χ4n) is 0.861. The Morgan fingerprint density at radius 3 is 2.46 bits per heavy atom. The van der Waals surface area contributed by atoms with E-state index in [9.17, 15) is 4.79 Å². The molecule has 1 heterocycles. The van der Waals surface area contributed by atoms with Crippen LogP contribution in [-0.2, 0) is 7.05 Å². The maximum absolute atomic E-state index is 10.9. The van der Waals surface area contributed by atoms with Gasteiger partial charge in [-0.2, -0.15) is 4.98 Å². The van der Waals surface area contributed by atoms with Gasteiger partial charge in [0.15, 0.2) is 0 Å². The van der Waals surface area contributed by atoms with Crippen molar-refractivity contribution in [2.45, 2.75) is 20.8 Å². The van der Waals surface area contributed by atoms with Crippen molar-refractivity contribution >= 4 is 0 Å². The van der Waals surface area contributed by atoms with E-state index in [4.69, 9.17) is 4.74 Å². The first kappa shape index (κ1) is 11.7. The molecular weight excluding hydrogens is 168 g/mol. The van der Waals surface area contributed by atoms with E-state index in [1.165, 1.54) is 11.7 Å². The number of ether oxygens (including phenoxy) is 1. The van der Waals surface area contributed by atoms with Gasteiger partial charge in [0, 0.05) is 18.8 Å². The lowest BCUT2D eigenvalue weighted by Crippen LogP contribution is -2.20. The van der Waals surface area contributed by atoms with E-state index in [0.29, 0.717) is 5.88 Å². The molecule has 4 heteroatoms. The van der Waals surface area contributed by atoms with E-state index in [2.05, 4.69) is 4.98 Å². The zero-order valence-electron chi connectivity index (χ0n) is 8.79. The molecule has 0 aliphatic rings. The van der Waals surface area contributed by atoms with Crippen molar-refractivity contribution < 1.29 is 4.74 Å². The summed E-state index contributed by atoms with van der Waals surface area (Å²) < 4.78 is 6.27. The van der Waals surface area contributed by atoms with Crippen LogP contribution in [0.15, 0.2) is 11.0 Å². The number of hydrogen-bond acceptors (Lipinski definition) is 3. The first-order valence-electron chi connectivity index (χ1n) is 4.23. The summed E-state index contributed by atoms with van der Waals surface area (Å²) in [6.45, 7) is 5.84. The van der Waals surface area contributed by atoms with Crippen LogP contribution in [0, 0.1) is 6.92 Å². The van der Waals surface area contributed by atoms with Gasteiger partial charge in [-0.1, -0.05) is 13.8 Å². The second-order valence-electron chi connectivity index (χ2n) is 2.33. The largest absolute Gasteiger partial charge is 0.481 e. The third-order valence-electron chi connectivity index (χ3n) is 1.42. The van der Waals surface area contributed by atoms with Gasteiger partial charge in [-0.15, -0.1) is 0 Å². The molecule has 0 atom stereocenters. The maximum atomic E-state index is 10.9. The van der Waals surface area contributed by atoms with Crippen LogP contribution in [0.25, 0.3) is 0 Å². The second-order valence-corrected chi connectivity index (χ2v) is 2.33. The number of aromatic nitrogens is 2. The topological polar surface area (TPSA) is 44.1 Å². The molecule has 0 fully saturated rings. The van der Waals surface area contributed by atoms with Gasteiger partial charge in [0.05, 0.1) is 7.11 Å². The average molecular weight is 184 g/mol. The Labute approximate surface area is 78.2 Å². The van der Waals surface area contributed by atoms with Crippen molar-refractivity contribution in [2.24, 2.45) is 7.05 Å². The molecule has 0 radical (unpaired) electrons. The van der Waals surface area contributed by atoms with Crippen molar-refractivity contribution in [3.63, 3.8) is 0 Å². The molecule has 0 aliphatic heterocycles. The van der Waals surface area contributed by atoms with Gasteiger partial charge in [-0.05, 0) is 6.92 Å². The molecule has 1 aromatic heterocycles. The van der Waals surface area contributed by atoms with E-state index in [1.807, 2.05) is 20.8 Å². The van der Waals surface area contributed by atoms with Crippen molar-refractivity contribution in [3.8, 4) is 5.88 Å². The molecular formula is C9H16N2O2. The van der Waals surface area contributed by atoms with Crippen LogP contribution in [0.5, 0.6) is 5.88 Å². The highest BCUT2D eigenvalue weighted by molar-refractivity contribution is 5.19. The highest BCUT2D eigenvalue weighted by Gasteiger charge is 2.00. The van der Waals surface area contributed by atoms with Gasteiger partial charge in [0.25, 0.3) is 0 Å². The summed E-state index contributed by atoms with van der Waals surface area (Å²) in [6, 6.07) is 0. The van der Waals surface area contributed by atoms with Crippen LogP contribution in [-0.4, -0.2) is 16.7 Å². The normalized spacial score (nSPS) is 8.69. The number of methoxy groups -OCH3 is 1. The summed E-state index contributed by atoms with van der Waals surface area (Å²) in [5.74, 6) is 0.396. The first-order valence-corrected chi connectivity index (χ1v) is 4.23. The van der Waals surface area contributed by atoms with Crippen LogP contribution in [0.1, 0.15) is 19.4 Å². The highest BCUT2D eigenvalue weighted by Crippen LogP contribution is 2.07. The lowest BCUT2D eigenvalue weighted by atomic mass is 10.4. The minimum absolute atomic E-state index is 0.299. The first-order chi connectivity index (χ1) is 6.15. The Kier molecular flexibility index (Phi) is 4.80. The van der Waals surface area contributed by atoms with Crippen LogP contribution >= 0.6 is 0 Å². The van der Waals surface area contributed by atoms with E-state index in [0.717, 1.165) is 5.56 Å². The fourth-order valence-corrected chi connectivity index (χ4v) is 0.861. The highest BCUT2D eigenvalue weighted by atomic mass is 16.5. The monoisotopic (exact) mass is 184 g/mol. The van der Waals surface area contributed by atoms with E-state index in [-0.39, 0.29) is 5.69 Å². The summed E-state index contributed by atoms with van der Waals surface area (Å²) in [5, 5.41) is 0. The minimum atomic E-state index is -0.299. The van der Waals surface area contributed by atoms with Crippen molar-refractivity contribution in [1.82, 2.24) is 9.55 Å². The summed E-state index contributed by atoms with van der Waals surface area (Å²) in [5.41, 5.74) is 0.557. The Hall–Kier alpha value is -1.32. The molecule has 0 unspecified atom stereocenters. The number of rotatable bonds is 1. The number of aryl methyl sites for hydroxylation is 2. The summed E-state index contributed by atoms with van der Waals surface area (Å²) in [6.07, 6.45) is 1.69. The molecule has 1 aromatic rings. The Balaban J connectivity index is 0.000000671. The molecule has 0 spiro atoms. The second kappa shape index (κ2) is 5.35. The zero-order valence-corrected chi connectivity index (χ0v) is 8.79. The lowest BCUT2D eigenvalue weighted by Gasteiger charge is -2.02. The van der Waals surface area contributed by atoms with Crippen LogP contribution < -0.4 is 10.4 Å². The van der Waals surface area contributed by atoms with Gasteiger partial charge >= 0.3 is 5.69 Å². The predicted octanol–water partition coefficient (Wildman–Crippen LogP) is 1.12. The molecule has 0 saturated carbocycles. The molecule has 13 heavy (non-hydrogen) atoms. The van der Waals surface area contributed by atoms with Gasteiger partial charge in [-0.25, -0.2) is 4.79 Å². The summed E-state index contributed by atoms with van der Waals surface area (Å²) >= 11 is 0. The van der Waals surface area contributed by atoms with Gasteiger partial charge in [-0.3, -0.25) is 0 Å². The SMILES string of the molecule is CC.COc1nc(=O)n(C)cc1C. The average Bonchev–Trinajstić information content (AvgIpc) is 2.15. The third-order valence-corrected chi connectivity index (χ3v) is 1.42. The van der Waals surface area contributed by atoms with Crippen molar-refractivity contribution in [2.75, 3.05) is 7.11 Å². The van der Waals surface area contributed by atoms with Crippen LogP contribution in [0.3, 0.4) is 0 Å². The minimum Gasteiger partial charge on any atom is -0.481 e. The molecule has 0 aromatic carbocycles. The van der Waals surface area contributed by atoms with E-state index < -0.39 is 0 Å². The molecule has 0 saturated heterocycles. The van der Waals surface area contributed by atoms with Gasteiger partial charge in [0.2, 0.25) is 5.88 Å². The Morgan fingerprint density at radius 1 is 1.46 bits per heavy atom. The lowest BCUT2D eigenvalue weighted by molar-refractivity contribution is 0.389. The number of nitrogens with zero attached hydrogens (tertiary/aromatic N) is 2. The van der Waals surface area contributed by atoms with Crippen LogP contribution in [0.4, 0.5) is 0 Å². The van der Waals surface area contributed by atoms with E-state index in [1.54, 1.807) is 13.2 Å². The quantitative estimate of drug-likeness (QED) is 0.657. The Morgan fingerprint density at radius 2 is 2.00 bits per heavy atom. The Bertz CT molecular complexity index is 318. The summed E-state index contributed by atoms with van der Waals surface area (Å²) in [4.78, 5) is 14.6. The molecule has 0 bridgehead atoms. The standard InChI is InChI=1S/C7H10N2O2.C2H6/c1-5-4-9(2)7(10)8-6(5)11-3;1-2/h4H,1-3H3;1-2H3. The molecule has 0 N–H and O–H groups in total. The van der Waals surface area contributed by atoms with Crippen molar-refractivity contribution in [1.29, 1.82) is 0 Å². The fraction of sp³-hybridized carbons (Fsp3) is 0.556. The molecule has 0 amide bonds. The molecule has 1 rings (SSSR count). The maximum Gasteiger partial charge on any atom is 0.350 e. The summed E-state index contributed by atoms with van der Waals surface area (Å²) in [7, 11) is 3.15. The van der Waals surface area contributed by atoms with Gasteiger partial charge < -0.3 is 9.30 Å². The smallest absolute Gasteiger partial charge is 0.350 e. The zero-order chi connectivity index (χ0) is 10.4.